The Bertz CT molecular complexity index is 373. The van der Waals surface area contributed by atoms with E-state index in [1.807, 2.05) is 0 Å². The molecule has 1 aliphatic heterocycles. The molecule has 1 aromatic carbocycles. The van der Waals surface area contributed by atoms with Gasteiger partial charge in [-0.1, -0.05) is 0 Å². The molecule has 0 aliphatic carbocycles. The zero-order valence-electron chi connectivity index (χ0n) is 8.90. The fraction of sp³-hybridized carbons (Fsp3) is 0.500. The Balaban J connectivity index is 2.16. The molecule has 16 heavy (non-hydrogen) atoms. The van der Waals surface area contributed by atoms with Gasteiger partial charge in [0.15, 0.2) is 11.6 Å². The minimum atomic E-state index is -1.04. The van der Waals surface area contributed by atoms with Crippen molar-refractivity contribution in [1.82, 2.24) is 5.32 Å². The summed E-state index contributed by atoms with van der Waals surface area (Å²) in [6, 6.07) is 1.82. The van der Waals surface area contributed by atoms with Gasteiger partial charge < -0.3 is 5.32 Å². The Labute approximate surface area is 92.7 Å². The van der Waals surface area contributed by atoms with Crippen LogP contribution in [0, 0.1) is 23.4 Å². The average Bonchev–Trinajstić information content (AvgIpc) is 2.31. The number of nitrogens with one attached hydrogen (secondary N) is 1. The minimum Gasteiger partial charge on any atom is -0.316 e. The fourth-order valence-electron chi connectivity index (χ4n) is 2.14. The van der Waals surface area contributed by atoms with Crippen molar-refractivity contribution < 1.29 is 13.2 Å². The average molecular weight is 229 g/mol. The maximum absolute atomic E-state index is 13.4. The summed E-state index contributed by atoms with van der Waals surface area (Å²) in [7, 11) is 0. The van der Waals surface area contributed by atoms with E-state index in [0.29, 0.717) is 0 Å². The summed E-state index contributed by atoms with van der Waals surface area (Å²) in [5.74, 6) is -2.46. The number of benzene rings is 1. The fourth-order valence-corrected chi connectivity index (χ4v) is 2.14. The van der Waals surface area contributed by atoms with Crippen molar-refractivity contribution in [3.63, 3.8) is 0 Å². The molecule has 0 saturated carbocycles. The predicted molar refractivity (Wildman–Crippen MR) is 55.6 cm³/mol. The molecule has 0 radical (unpaired) electrons. The number of hydrogen-bond donors (Lipinski definition) is 1. The van der Waals surface area contributed by atoms with E-state index in [4.69, 9.17) is 0 Å². The van der Waals surface area contributed by atoms with Gasteiger partial charge in [-0.05, 0) is 50.4 Å². The highest BCUT2D eigenvalue weighted by Gasteiger charge is 2.20. The summed E-state index contributed by atoms with van der Waals surface area (Å²) in [5.41, 5.74) is -0.117. The van der Waals surface area contributed by atoms with Crippen molar-refractivity contribution in [2.45, 2.75) is 19.3 Å². The summed E-state index contributed by atoms with van der Waals surface area (Å²) < 4.78 is 39.7. The smallest absolute Gasteiger partial charge is 0.164 e. The molecule has 1 aliphatic rings. The third kappa shape index (κ3) is 2.38. The third-order valence-electron chi connectivity index (χ3n) is 3.03. The molecule has 2 rings (SSSR count). The van der Waals surface area contributed by atoms with E-state index in [1.54, 1.807) is 0 Å². The molecule has 88 valence electrons. The van der Waals surface area contributed by atoms with Gasteiger partial charge in [0.2, 0.25) is 0 Å². The topological polar surface area (TPSA) is 12.0 Å². The monoisotopic (exact) mass is 229 g/mol. The van der Waals surface area contributed by atoms with Gasteiger partial charge in [0.25, 0.3) is 0 Å². The zero-order chi connectivity index (χ0) is 11.5. The van der Waals surface area contributed by atoms with Crippen molar-refractivity contribution in [2.75, 3.05) is 13.1 Å². The van der Waals surface area contributed by atoms with Crippen LogP contribution in [0.5, 0.6) is 0 Å². The van der Waals surface area contributed by atoms with Gasteiger partial charge in [-0.25, -0.2) is 13.2 Å². The van der Waals surface area contributed by atoms with E-state index in [-0.39, 0.29) is 17.9 Å². The number of hydrogen-bond acceptors (Lipinski definition) is 1. The van der Waals surface area contributed by atoms with Crippen LogP contribution in [0.3, 0.4) is 0 Å². The summed E-state index contributed by atoms with van der Waals surface area (Å²) in [6.45, 7) is 1.69. The second-order valence-electron chi connectivity index (χ2n) is 4.24. The summed E-state index contributed by atoms with van der Waals surface area (Å²) in [4.78, 5) is 0. The molecule has 0 amide bonds. The van der Waals surface area contributed by atoms with Gasteiger partial charge >= 0.3 is 0 Å². The van der Waals surface area contributed by atoms with Gasteiger partial charge in [-0.2, -0.15) is 0 Å². The van der Waals surface area contributed by atoms with Gasteiger partial charge in [0.1, 0.15) is 5.82 Å². The first-order valence-corrected chi connectivity index (χ1v) is 5.51. The molecule has 0 aromatic heterocycles. The van der Waals surface area contributed by atoms with Crippen LogP contribution in [0.25, 0.3) is 0 Å². The van der Waals surface area contributed by atoms with E-state index in [0.717, 1.165) is 38.1 Å². The molecule has 0 bridgehead atoms. The van der Waals surface area contributed by atoms with Crippen LogP contribution in [-0.2, 0) is 6.42 Å². The zero-order valence-corrected chi connectivity index (χ0v) is 8.90. The van der Waals surface area contributed by atoms with E-state index in [9.17, 15) is 13.2 Å². The minimum absolute atomic E-state index is 0.117. The summed E-state index contributed by atoms with van der Waals surface area (Å²) in [5, 5.41) is 3.17. The van der Waals surface area contributed by atoms with Gasteiger partial charge in [-0.3, -0.25) is 0 Å². The van der Waals surface area contributed by atoms with Gasteiger partial charge in [0, 0.05) is 5.56 Å². The molecule has 1 unspecified atom stereocenters. The molecule has 0 spiro atoms. The highest BCUT2D eigenvalue weighted by atomic mass is 19.2. The summed E-state index contributed by atoms with van der Waals surface area (Å²) in [6.07, 6.45) is 2.20. The number of rotatable bonds is 2. The largest absolute Gasteiger partial charge is 0.316 e. The first-order chi connectivity index (χ1) is 7.68. The van der Waals surface area contributed by atoms with E-state index in [2.05, 4.69) is 5.32 Å². The molecule has 1 N–H and O–H groups in total. The SMILES string of the molecule is Fc1ccc(F)c(CC2CCCNC2)c1F. The van der Waals surface area contributed by atoms with Gasteiger partial charge in [-0.15, -0.1) is 0 Å². The Morgan fingerprint density at radius 3 is 2.62 bits per heavy atom. The van der Waals surface area contributed by atoms with Crippen LogP contribution in [0.15, 0.2) is 12.1 Å². The van der Waals surface area contributed by atoms with Crippen LogP contribution in [0.4, 0.5) is 13.2 Å². The molecule has 1 saturated heterocycles. The van der Waals surface area contributed by atoms with Crippen LogP contribution in [0.2, 0.25) is 0 Å². The normalized spacial score (nSPS) is 21.1. The maximum Gasteiger partial charge on any atom is 0.164 e. The number of halogens is 3. The Kier molecular flexibility index (Phi) is 3.49. The molecule has 4 heteroatoms. The number of piperidine rings is 1. The Hall–Kier alpha value is -1.03. The van der Waals surface area contributed by atoms with E-state index < -0.39 is 17.5 Å². The lowest BCUT2D eigenvalue weighted by atomic mass is 9.92. The molecule has 1 heterocycles. The van der Waals surface area contributed by atoms with Gasteiger partial charge in [0.05, 0.1) is 0 Å². The summed E-state index contributed by atoms with van der Waals surface area (Å²) >= 11 is 0. The molecular formula is C12H14F3N. The van der Waals surface area contributed by atoms with Crippen molar-refractivity contribution in [3.05, 3.63) is 35.1 Å². The maximum atomic E-state index is 13.4. The standard InChI is InChI=1S/C12H14F3N/c13-10-3-4-11(14)12(15)9(10)6-8-2-1-5-16-7-8/h3-4,8,16H,1-2,5-7H2. The lowest BCUT2D eigenvalue weighted by Gasteiger charge is -2.23. The molecular weight excluding hydrogens is 215 g/mol. The van der Waals surface area contributed by atoms with Crippen molar-refractivity contribution >= 4 is 0 Å². The molecule has 1 aromatic rings. The van der Waals surface area contributed by atoms with Crippen LogP contribution in [-0.4, -0.2) is 13.1 Å². The van der Waals surface area contributed by atoms with Crippen molar-refractivity contribution in [3.8, 4) is 0 Å². The van der Waals surface area contributed by atoms with Crippen LogP contribution >= 0.6 is 0 Å². The molecule has 1 fully saturated rings. The van der Waals surface area contributed by atoms with Crippen LogP contribution in [0.1, 0.15) is 18.4 Å². The Morgan fingerprint density at radius 2 is 1.94 bits per heavy atom. The highest BCUT2D eigenvalue weighted by Crippen LogP contribution is 2.22. The van der Waals surface area contributed by atoms with Crippen LogP contribution < -0.4 is 5.32 Å². The lowest BCUT2D eigenvalue weighted by Crippen LogP contribution is -2.31. The first-order valence-electron chi connectivity index (χ1n) is 5.51. The quantitative estimate of drug-likeness (QED) is 0.769. The third-order valence-corrected chi connectivity index (χ3v) is 3.03. The predicted octanol–water partition coefficient (Wildman–Crippen LogP) is 2.65. The van der Waals surface area contributed by atoms with Crippen molar-refractivity contribution in [1.29, 1.82) is 0 Å². The Morgan fingerprint density at radius 1 is 1.19 bits per heavy atom. The van der Waals surface area contributed by atoms with E-state index >= 15 is 0 Å². The first kappa shape index (κ1) is 11.5. The van der Waals surface area contributed by atoms with E-state index in [1.165, 1.54) is 0 Å². The molecule has 1 atom stereocenters. The lowest BCUT2D eigenvalue weighted by molar-refractivity contribution is 0.363. The molecule has 1 nitrogen and oxygen atoms in total. The second kappa shape index (κ2) is 4.87. The second-order valence-corrected chi connectivity index (χ2v) is 4.24. The van der Waals surface area contributed by atoms with Crippen molar-refractivity contribution in [2.24, 2.45) is 5.92 Å². The highest BCUT2D eigenvalue weighted by molar-refractivity contribution is 5.21.